The van der Waals surface area contributed by atoms with E-state index in [2.05, 4.69) is 5.32 Å². The molecule has 150 valence electrons. The lowest BCUT2D eigenvalue weighted by molar-refractivity contribution is -0.132. The molecule has 1 aromatic rings. The molecule has 1 amide bonds. The quantitative estimate of drug-likeness (QED) is 0.768. The zero-order valence-corrected chi connectivity index (χ0v) is 17.0. The average molecular weight is 394 g/mol. The normalized spacial score (nSPS) is 21.5. The zero-order valence-electron chi connectivity index (χ0n) is 16.2. The predicted octanol–water partition coefficient (Wildman–Crippen LogP) is 1.86. The highest BCUT2D eigenvalue weighted by Gasteiger charge is 2.27. The average Bonchev–Trinajstić information content (AvgIpc) is 3.23. The molecule has 2 aliphatic rings. The Hall–Kier alpha value is -1.44. The van der Waals surface area contributed by atoms with Crippen molar-refractivity contribution in [1.82, 2.24) is 14.5 Å². The number of carbonyl (C=O) groups excluding carboxylic acids is 1. The molecule has 3 rings (SSSR count). The Morgan fingerprint density at radius 1 is 1.11 bits per heavy atom. The first-order valence-corrected chi connectivity index (χ1v) is 11.5. The van der Waals surface area contributed by atoms with Crippen LogP contribution in [-0.2, 0) is 21.2 Å². The molecule has 0 saturated carbocycles. The van der Waals surface area contributed by atoms with Crippen molar-refractivity contribution in [1.29, 1.82) is 0 Å². The van der Waals surface area contributed by atoms with Crippen LogP contribution in [0.5, 0.6) is 0 Å². The van der Waals surface area contributed by atoms with E-state index < -0.39 is 10.0 Å². The molecule has 0 bridgehead atoms. The molecule has 0 radical (unpaired) electrons. The molecular weight excluding hydrogens is 362 g/mol. The van der Waals surface area contributed by atoms with Gasteiger partial charge in [0.25, 0.3) is 0 Å². The lowest BCUT2D eigenvalue weighted by Crippen LogP contribution is -2.42. The fourth-order valence-electron chi connectivity index (χ4n) is 4.06. The molecule has 0 aliphatic carbocycles. The van der Waals surface area contributed by atoms with Crippen molar-refractivity contribution < 1.29 is 13.2 Å². The van der Waals surface area contributed by atoms with E-state index in [9.17, 15) is 13.2 Å². The zero-order chi connectivity index (χ0) is 19.3. The Bertz CT molecular complexity index is 725. The number of benzene rings is 1. The third-order valence-corrected chi connectivity index (χ3v) is 7.53. The molecule has 1 aromatic carbocycles. The third kappa shape index (κ3) is 5.09. The second-order valence-corrected chi connectivity index (χ2v) is 9.60. The van der Waals surface area contributed by atoms with Crippen LogP contribution in [0.15, 0.2) is 29.2 Å². The van der Waals surface area contributed by atoms with Crippen molar-refractivity contribution in [2.45, 2.75) is 43.4 Å². The molecule has 2 saturated heterocycles. The first-order valence-electron chi connectivity index (χ1n) is 10.0. The van der Waals surface area contributed by atoms with Gasteiger partial charge in [-0.3, -0.25) is 4.79 Å². The van der Waals surface area contributed by atoms with E-state index in [1.807, 2.05) is 24.1 Å². The van der Waals surface area contributed by atoms with Gasteiger partial charge >= 0.3 is 0 Å². The Kier molecular flexibility index (Phi) is 6.89. The van der Waals surface area contributed by atoms with E-state index in [0.717, 1.165) is 44.5 Å². The summed E-state index contributed by atoms with van der Waals surface area (Å²) in [5.74, 6) is 0.743. The highest BCUT2D eigenvalue weighted by atomic mass is 32.2. The van der Waals surface area contributed by atoms with Crippen LogP contribution in [0.25, 0.3) is 0 Å². The van der Waals surface area contributed by atoms with Crippen molar-refractivity contribution in [3.63, 3.8) is 0 Å². The van der Waals surface area contributed by atoms with Crippen molar-refractivity contribution in [3.05, 3.63) is 29.8 Å². The number of likely N-dealkylation sites (tertiary alicyclic amines) is 1. The molecule has 27 heavy (non-hydrogen) atoms. The largest absolute Gasteiger partial charge is 0.342 e. The van der Waals surface area contributed by atoms with E-state index in [1.54, 1.807) is 16.4 Å². The lowest BCUT2D eigenvalue weighted by atomic mass is 9.97. The summed E-state index contributed by atoms with van der Waals surface area (Å²) in [7, 11) is -1.41. The number of nitrogens with one attached hydrogen (secondary N) is 1. The molecule has 2 aliphatic heterocycles. The van der Waals surface area contributed by atoms with E-state index in [4.69, 9.17) is 0 Å². The maximum absolute atomic E-state index is 12.6. The number of piperidine rings is 1. The second kappa shape index (κ2) is 9.17. The van der Waals surface area contributed by atoms with Crippen molar-refractivity contribution in [2.24, 2.45) is 5.92 Å². The number of sulfonamides is 1. The molecule has 7 heteroatoms. The Morgan fingerprint density at radius 3 is 2.48 bits per heavy atom. The lowest BCUT2D eigenvalue weighted by Gasteiger charge is -2.32. The van der Waals surface area contributed by atoms with E-state index in [1.165, 1.54) is 6.42 Å². The fraction of sp³-hybridized carbons (Fsp3) is 0.650. The number of hydrogen-bond acceptors (Lipinski definition) is 4. The molecule has 1 N–H and O–H groups in total. The van der Waals surface area contributed by atoms with Crippen molar-refractivity contribution >= 4 is 15.9 Å². The molecule has 2 heterocycles. The molecule has 0 aromatic heterocycles. The molecule has 2 fully saturated rings. The van der Waals surface area contributed by atoms with Crippen molar-refractivity contribution in [3.8, 4) is 0 Å². The highest BCUT2D eigenvalue weighted by Crippen LogP contribution is 2.22. The molecule has 0 spiro atoms. The predicted molar refractivity (Wildman–Crippen MR) is 106 cm³/mol. The van der Waals surface area contributed by atoms with Gasteiger partial charge in [-0.1, -0.05) is 12.1 Å². The summed E-state index contributed by atoms with van der Waals surface area (Å²) < 4.78 is 26.7. The van der Waals surface area contributed by atoms with Crippen LogP contribution in [0.2, 0.25) is 0 Å². The van der Waals surface area contributed by atoms with Crippen LogP contribution in [0.3, 0.4) is 0 Å². The SMILES string of the molecule is CNCC1CCCN(C(=O)CCc2ccc(S(=O)(=O)N3CCCC3)cc2)C1. The van der Waals surface area contributed by atoms with Gasteiger partial charge in [0.15, 0.2) is 0 Å². The minimum atomic E-state index is -3.36. The summed E-state index contributed by atoms with van der Waals surface area (Å²) in [4.78, 5) is 14.9. The maximum Gasteiger partial charge on any atom is 0.243 e. The van der Waals surface area contributed by atoms with Crippen LogP contribution >= 0.6 is 0 Å². The minimum absolute atomic E-state index is 0.199. The minimum Gasteiger partial charge on any atom is -0.342 e. The molecule has 1 atom stereocenters. The van der Waals surface area contributed by atoms with E-state index >= 15 is 0 Å². The van der Waals surface area contributed by atoms with Gasteiger partial charge in [0, 0.05) is 32.6 Å². The Balaban J connectivity index is 1.53. The van der Waals surface area contributed by atoms with Gasteiger partial charge in [0.05, 0.1) is 4.90 Å². The van der Waals surface area contributed by atoms with Gasteiger partial charge in [-0.05, 0) is 69.3 Å². The van der Waals surface area contributed by atoms with E-state index in [0.29, 0.717) is 36.7 Å². The number of hydrogen-bond donors (Lipinski definition) is 1. The van der Waals surface area contributed by atoms with Crippen molar-refractivity contribution in [2.75, 3.05) is 39.8 Å². The van der Waals surface area contributed by atoms with Gasteiger partial charge in [0.2, 0.25) is 15.9 Å². The van der Waals surface area contributed by atoms with Gasteiger partial charge < -0.3 is 10.2 Å². The molecular formula is C20H31N3O3S. The number of amides is 1. The summed E-state index contributed by atoms with van der Waals surface area (Å²) in [6.45, 7) is 3.88. The summed E-state index contributed by atoms with van der Waals surface area (Å²) in [6, 6.07) is 7.04. The number of aryl methyl sites for hydroxylation is 1. The number of nitrogens with zero attached hydrogens (tertiary/aromatic N) is 2. The van der Waals surface area contributed by atoms with Gasteiger partial charge in [0.1, 0.15) is 0 Å². The first-order chi connectivity index (χ1) is 13.0. The highest BCUT2D eigenvalue weighted by molar-refractivity contribution is 7.89. The summed E-state index contributed by atoms with van der Waals surface area (Å²) in [5, 5.41) is 3.20. The number of rotatable bonds is 7. The standard InChI is InChI=1S/C20H31N3O3S/c1-21-15-18-5-4-12-22(16-18)20(24)11-8-17-6-9-19(10-7-17)27(25,26)23-13-2-3-14-23/h6-7,9-10,18,21H,2-5,8,11-16H2,1H3. The van der Waals surface area contributed by atoms with Crippen LogP contribution in [0, 0.1) is 5.92 Å². The summed E-state index contributed by atoms with van der Waals surface area (Å²) in [5.41, 5.74) is 1.01. The van der Waals surface area contributed by atoms with Crippen LogP contribution in [0.1, 0.15) is 37.7 Å². The maximum atomic E-state index is 12.6. The number of carbonyl (C=O) groups is 1. The van der Waals surface area contributed by atoms with Gasteiger partial charge in [-0.15, -0.1) is 0 Å². The molecule has 6 nitrogen and oxygen atoms in total. The molecule has 1 unspecified atom stereocenters. The van der Waals surface area contributed by atoms with Crippen LogP contribution in [0.4, 0.5) is 0 Å². The van der Waals surface area contributed by atoms with Crippen LogP contribution < -0.4 is 5.32 Å². The third-order valence-electron chi connectivity index (χ3n) is 5.62. The Morgan fingerprint density at radius 2 is 1.81 bits per heavy atom. The fourth-order valence-corrected chi connectivity index (χ4v) is 5.58. The van der Waals surface area contributed by atoms with Gasteiger partial charge in [-0.25, -0.2) is 8.42 Å². The topological polar surface area (TPSA) is 69.7 Å². The first kappa shape index (κ1) is 20.3. The smallest absolute Gasteiger partial charge is 0.243 e. The van der Waals surface area contributed by atoms with E-state index in [-0.39, 0.29) is 5.91 Å². The van der Waals surface area contributed by atoms with Crippen LogP contribution in [-0.4, -0.2) is 63.3 Å². The second-order valence-electron chi connectivity index (χ2n) is 7.66. The monoisotopic (exact) mass is 393 g/mol. The Labute approximate surface area is 163 Å². The summed E-state index contributed by atoms with van der Waals surface area (Å²) in [6.07, 6.45) is 5.25. The summed E-state index contributed by atoms with van der Waals surface area (Å²) >= 11 is 0. The van der Waals surface area contributed by atoms with Gasteiger partial charge in [-0.2, -0.15) is 4.31 Å².